The van der Waals surface area contributed by atoms with Crippen LogP contribution in [0.4, 0.5) is 16.2 Å². The predicted molar refractivity (Wildman–Crippen MR) is 78.6 cm³/mol. The Bertz CT molecular complexity index is 588. The van der Waals surface area contributed by atoms with E-state index in [0.717, 1.165) is 0 Å². The first kappa shape index (κ1) is 14.2. The summed E-state index contributed by atoms with van der Waals surface area (Å²) >= 11 is 5.09. The van der Waals surface area contributed by atoms with Gasteiger partial charge in [0.05, 0.1) is 17.0 Å². The summed E-state index contributed by atoms with van der Waals surface area (Å²) in [6.07, 6.45) is 0. The third kappa shape index (κ3) is 3.02. The van der Waals surface area contributed by atoms with Crippen molar-refractivity contribution in [3.05, 3.63) is 34.4 Å². The Hall–Kier alpha value is -2.22. The van der Waals surface area contributed by atoms with Crippen molar-refractivity contribution in [2.45, 2.75) is 19.4 Å². The van der Waals surface area contributed by atoms with Gasteiger partial charge in [0.1, 0.15) is 0 Å². The van der Waals surface area contributed by atoms with Crippen molar-refractivity contribution in [3.63, 3.8) is 0 Å². The number of anilines is 1. The van der Waals surface area contributed by atoms with Gasteiger partial charge in [-0.15, -0.1) is 0 Å². The lowest BCUT2D eigenvalue weighted by atomic mass is 10.1. The van der Waals surface area contributed by atoms with Gasteiger partial charge in [0.15, 0.2) is 5.11 Å². The van der Waals surface area contributed by atoms with Crippen LogP contribution < -0.4 is 10.6 Å². The number of carbonyl (C=O) groups excluding carboxylic acids is 1. The van der Waals surface area contributed by atoms with Gasteiger partial charge in [0.25, 0.3) is 5.69 Å². The fraction of sp³-hybridized carbons (Fsp3) is 0.333. The lowest BCUT2D eigenvalue weighted by molar-refractivity contribution is -0.384. The average molecular weight is 294 g/mol. The topological polar surface area (TPSA) is 87.5 Å². The van der Waals surface area contributed by atoms with Crippen molar-refractivity contribution in [1.82, 2.24) is 10.2 Å². The number of hydrogen-bond acceptors (Lipinski definition) is 4. The van der Waals surface area contributed by atoms with Gasteiger partial charge in [0, 0.05) is 17.8 Å². The molecule has 0 aliphatic carbocycles. The molecule has 0 radical (unpaired) electrons. The van der Waals surface area contributed by atoms with Gasteiger partial charge in [0.2, 0.25) is 0 Å². The molecule has 1 fully saturated rings. The highest BCUT2D eigenvalue weighted by molar-refractivity contribution is 7.80. The molecule has 1 aromatic rings. The number of benzene rings is 1. The molecule has 1 heterocycles. The average Bonchev–Trinajstić information content (AvgIpc) is 2.63. The first-order valence-electron chi connectivity index (χ1n) is 5.94. The number of rotatable bonds is 2. The fourth-order valence-electron chi connectivity index (χ4n) is 1.92. The van der Waals surface area contributed by atoms with Gasteiger partial charge >= 0.3 is 6.03 Å². The number of non-ortho nitro benzene ring substituents is 1. The Morgan fingerprint density at radius 3 is 2.80 bits per heavy atom. The standard InChI is InChI=1S/C12H14N4O3S/c1-12(2)7-15(11(20)14-12)10(17)13-8-4-3-5-9(6-8)16(18)19/h3-6H,7H2,1-2H3,(H,13,17)(H,14,20). The number of carbonyl (C=O) groups is 1. The Labute approximate surface area is 121 Å². The molecular formula is C12H14N4O3S. The first-order chi connectivity index (χ1) is 9.28. The van der Waals surface area contributed by atoms with Crippen molar-refractivity contribution in [3.8, 4) is 0 Å². The van der Waals surface area contributed by atoms with E-state index in [1.165, 1.54) is 23.1 Å². The molecule has 7 nitrogen and oxygen atoms in total. The fourth-order valence-corrected chi connectivity index (χ4v) is 2.34. The van der Waals surface area contributed by atoms with Crippen LogP contribution in [-0.2, 0) is 0 Å². The molecule has 106 valence electrons. The van der Waals surface area contributed by atoms with Gasteiger partial charge in [-0.2, -0.15) is 0 Å². The Kier molecular flexibility index (Phi) is 3.58. The molecule has 1 aliphatic heterocycles. The molecule has 2 rings (SSSR count). The monoisotopic (exact) mass is 294 g/mol. The van der Waals surface area contributed by atoms with Crippen LogP contribution in [0.1, 0.15) is 13.8 Å². The van der Waals surface area contributed by atoms with Crippen molar-refractivity contribution in [1.29, 1.82) is 0 Å². The van der Waals surface area contributed by atoms with Crippen molar-refractivity contribution >= 4 is 34.7 Å². The van der Waals surface area contributed by atoms with Crippen molar-refractivity contribution in [2.24, 2.45) is 0 Å². The summed E-state index contributed by atoms with van der Waals surface area (Å²) in [5, 5.41) is 16.7. The van der Waals surface area contributed by atoms with Crippen LogP contribution in [0.5, 0.6) is 0 Å². The van der Waals surface area contributed by atoms with E-state index in [1.54, 1.807) is 6.07 Å². The summed E-state index contributed by atoms with van der Waals surface area (Å²) in [5.74, 6) is 0. The van der Waals surface area contributed by atoms with Gasteiger partial charge in [-0.3, -0.25) is 15.0 Å². The molecule has 0 unspecified atom stereocenters. The summed E-state index contributed by atoms with van der Waals surface area (Å²) in [6, 6.07) is 5.35. The van der Waals surface area contributed by atoms with E-state index in [9.17, 15) is 14.9 Å². The van der Waals surface area contributed by atoms with E-state index in [1.807, 2.05) is 13.8 Å². The number of nitro groups is 1. The van der Waals surface area contributed by atoms with E-state index in [-0.39, 0.29) is 11.2 Å². The lowest BCUT2D eigenvalue weighted by Gasteiger charge is -2.17. The van der Waals surface area contributed by atoms with Crippen molar-refractivity contribution < 1.29 is 9.72 Å². The van der Waals surface area contributed by atoms with Crippen LogP contribution in [0.2, 0.25) is 0 Å². The van der Waals surface area contributed by atoms with E-state index >= 15 is 0 Å². The zero-order valence-electron chi connectivity index (χ0n) is 11.0. The minimum absolute atomic E-state index is 0.0785. The van der Waals surface area contributed by atoms with E-state index in [2.05, 4.69) is 10.6 Å². The molecule has 2 N–H and O–H groups in total. The Morgan fingerprint density at radius 2 is 2.25 bits per heavy atom. The smallest absolute Gasteiger partial charge is 0.328 e. The molecule has 1 aromatic carbocycles. The largest absolute Gasteiger partial charge is 0.355 e. The zero-order valence-corrected chi connectivity index (χ0v) is 11.9. The molecule has 0 saturated carbocycles. The number of amides is 2. The van der Waals surface area contributed by atoms with Crippen LogP contribution in [0.15, 0.2) is 24.3 Å². The van der Waals surface area contributed by atoms with Gasteiger partial charge in [-0.1, -0.05) is 6.07 Å². The third-order valence-corrected chi connectivity index (χ3v) is 3.12. The van der Waals surface area contributed by atoms with Gasteiger partial charge in [-0.25, -0.2) is 4.79 Å². The van der Waals surface area contributed by atoms with E-state index in [0.29, 0.717) is 17.3 Å². The second kappa shape index (κ2) is 5.04. The minimum atomic E-state index is -0.513. The zero-order chi connectivity index (χ0) is 14.9. The number of nitro benzene ring substituents is 1. The summed E-state index contributed by atoms with van der Waals surface area (Å²) in [7, 11) is 0. The SMILES string of the molecule is CC1(C)CN(C(=O)Nc2cccc([N+](=O)[O-])c2)C(=S)N1. The highest BCUT2D eigenvalue weighted by Crippen LogP contribution is 2.19. The highest BCUT2D eigenvalue weighted by Gasteiger charge is 2.35. The van der Waals surface area contributed by atoms with Crippen LogP contribution >= 0.6 is 12.2 Å². The number of thiocarbonyl (C=S) groups is 1. The summed E-state index contributed by atoms with van der Waals surface area (Å²) in [4.78, 5) is 23.7. The molecule has 0 spiro atoms. The number of hydrogen-bond donors (Lipinski definition) is 2. The molecule has 0 aromatic heterocycles. The second-order valence-electron chi connectivity index (χ2n) is 5.14. The van der Waals surface area contributed by atoms with Gasteiger partial charge < -0.3 is 10.6 Å². The molecule has 1 saturated heterocycles. The first-order valence-corrected chi connectivity index (χ1v) is 6.34. The molecule has 2 amide bonds. The highest BCUT2D eigenvalue weighted by atomic mass is 32.1. The summed E-state index contributed by atoms with van der Waals surface area (Å²) in [5.41, 5.74) is -0.00105. The van der Waals surface area contributed by atoms with Crippen LogP contribution in [0.25, 0.3) is 0 Å². The quantitative estimate of drug-likeness (QED) is 0.495. The number of urea groups is 1. The molecule has 20 heavy (non-hydrogen) atoms. The van der Waals surface area contributed by atoms with Crippen LogP contribution in [0.3, 0.4) is 0 Å². The Morgan fingerprint density at radius 1 is 1.55 bits per heavy atom. The maximum atomic E-state index is 12.1. The maximum Gasteiger partial charge on any atom is 0.328 e. The van der Waals surface area contributed by atoms with Crippen LogP contribution in [-0.4, -0.2) is 33.1 Å². The summed E-state index contributed by atoms with van der Waals surface area (Å²) in [6.45, 7) is 4.30. The van der Waals surface area contributed by atoms with E-state index < -0.39 is 11.0 Å². The molecule has 0 atom stereocenters. The third-order valence-electron chi connectivity index (χ3n) is 2.80. The normalized spacial score (nSPS) is 16.7. The van der Waals surface area contributed by atoms with E-state index in [4.69, 9.17) is 12.2 Å². The van der Waals surface area contributed by atoms with Crippen LogP contribution in [0, 0.1) is 10.1 Å². The number of nitrogens with one attached hydrogen (secondary N) is 2. The van der Waals surface area contributed by atoms with Gasteiger partial charge in [-0.05, 0) is 32.1 Å². The summed E-state index contributed by atoms with van der Waals surface area (Å²) < 4.78 is 0. The van der Waals surface area contributed by atoms with Crippen molar-refractivity contribution in [2.75, 3.05) is 11.9 Å². The predicted octanol–water partition coefficient (Wildman–Crippen LogP) is 2.10. The minimum Gasteiger partial charge on any atom is -0.355 e. The molecular weight excluding hydrogens is 280 g/mol. The number of nitrogens with zero attached hydrogens (tertiary/aromatic N) is 2. The lowest BCUT2D eigenvalue weighted by Crippen LogP contribution is -2.37. The second-order valence-corrected chi connectivity index (χ2v) is 5.52. The molecule has 1 aliphatic rings. The molecule has 0 bridgehead atoms. The molecule has 8 heteroatoms. The maximum absolute atomic E-state index is 12.1. The Balaban J connectivity index is 2.11.